The quantitative estimate of drug-likeness (QED) is 0.878. The fraction of sp³-hybridized carbons (Fsp3) is 0.231. The monoisotopic (exact) mass is 308 g/mol. The number of amides is 1. The molecular weight excluding hydrogens is 296 g/mol. The Morgan fingerprint density at radius 1 is 1.24 bits per heavy atom. The van der Waals surface area contributed by atoms with Gasteiger partial charge in [0.05, 0.1) is 12.2 Å². The minimum absolute atomic E-state index is 0.0587. The van der Waals surface area contributed by atoms with E-state index in [4.69, 9.17) is 26.8 Å². The molecule has 8 heteroatoms. The first-order chi connectivity index (χ1) is 10.1. The highest BCUT2D eigenvalue weighted by Crippen LogP contribution is 2.24. The van der Waals surface area contributed by atoms with Crippen LogP contribution >= 0.6 is 11.6 Å². The fourth-order valence-electron chi connectivity index (χ4n) is 1.48. The van der Waals surface area contributed by atoms with Crippen LogP contribution in [-0.2, 0) is 0 Å². The second-order valence-electron chi connectivity index (χ2n) is 3.98. The van der Waals surface area contributed by atoms with Gasteiger partial charge in [-0.05, 0) is 30.2 Å². The van der Waals surface area contributed by atoms with E-state index in [1.165, 1.54) is 6.07 Å². The molecule has 0 radical (unpaired) electrons. The van der Waals surface area contributed by atoms with Gasteiger partial charge in [0.1, 0.15) is 5.75 Å². The van der Waals surface area contributed by atoms with E-state index in [2.05, 4.69) is 15.0 Å². The van der Waals surface area contributed by atoms with Gasteiger partial charge in [-0.2, -0.15) is 9.97 Å². The molecule has 110 valence electrons. The van der Waals surface area contributed by atoms with Crippen molar-refractivity contribution in [2.24, 2.45) is 5.73 Å². The third kappa shape index (κ3) is 4.03. The van der Waals surface area contributed by atoms with Gasteiger partial charge in [-0.25, -0.2) is 0 Å². The lowest BCUT2D eigenvalue weighted by molar-refractivity contribution is 0.0998. The summed E-state index contributed by atoms with van der Waals surface area (Å²) in [6.45, 7) is 2.39. The summed E-state index contributed by atoms with van der Waals surface area (Å²) < 4.78 is 10.7. The maximum absolute atomic E-state index is 11.3. The summed E-state index contributed by atoms with van der Waals surface area (Å²) in [6.07, 6.45) is 0.796. The number of hydrogen-bond donors (Lipinski definition) is 1. The molecule has 1 heterocycles. The number of nitrogens with zero attached hydrogens (tertiary/aromatic N) is 3. The second kappa shape index (κ2) is 6.85. The minimum atomic E-state index is -0.617. The third-order valence-corrected chi connectivity index (χ3v) is 2.53. The van der Waals surface area contributed by atoms with Gasteiger partial charge in [-0.1, -0.05) is 19.1 Å². The first kappa shape index (κ1) is 15.0. The number of benzene rings is 1. The van der Waals surface area contributed by atoms with Crippen LogP contribution in [0, 0.1) is 0 Å². The van der Waals surface area contributed by atoms with E-state index in [0.717, 1.165) is 6.42 Å². The van der Waals surface area contributed by atoms with E-state index in [9.17, 15) is 4.79 Å². The van der Waals surface area contributed by atoms with E-state index >= 15 is 0 Å². The zero-order valence-corrected chi connectivity index (χ0v) is 12.0. The van der Waals surface area contributed by atoms with Crippen molar-refractivity contribution >= 4 is 17.5 Å². The Balaban J connectivity index is 2.27. The Kier molecular flexibility index (Phi) is 4.89. The Bertz CT molecular complexity index is 651. The number of halogens is 1. The number of ether oxygens (including phenoxy) is 2. The lowest BCUT2D eigenvalue weighted by Crippen LogP contribution is -2.12. The predicted octanol–water partition coefficient (Wildman–Crippen LogP) is 2.20. The van der Waals surface area contributed by atoms with E-state index in [-0.39, 0.29) is 28.6 Å². The lowest BCUT2D eigenvalue weighted by atomic mass is 10.2. The average molecular weight is 309 g/mol. The van der Waals surface area contributed by atoms with Crippen molar-refractivity contribution in [1.29, 1.82) is 0 Å². The van der Waals surface area contributed by atoms with Gasteiger partial charge >= 0.3 is 12.0 Å². The first-order valence-electron chi connectivity index (χ1n) is 6.21. The maximum Gasteiger partial charge on any atom is 0.329 e. The highest BCUT2D eigenvalue weighted by molar-refractivity contribution is 6.28. The zero-order chi connectivity index (χ0) is 15.2. The zero-order valence-electron chi connectivity index (χ0n) is 11.2. The fourth-order valence-corrected chi connectivity index (χ4v) is 1.62. The smallest absolute Gasteiger partial charge is 0.329 e. The molecule has 2 rings (SSSR count). The van der Waals surface area contributed by atoms with Gasteiger partial charge in [0.2, 0.25) is 5.28 Å². The molecule has 0 aliphatic carbocycles. The largest absolute Gasteiger partial charge is 0.463 e. The average Bonchev–Trinajstić information content (AvgIpc) is 2.45. The molecule has 21 heavy (non-hydrogen) atoms. The molecule has 0 unspecified atom stereocenters. The maximum atomic E-state index is 11.3. The number of rotatable bonds is 6. The normalized spacial score (nSPS) is 10.2. The van der Waals surface area contributed by atoms with Gasteiger partial charge in [-0.15, -0.1) is 4.98 Å². The van der Waals surface area contributed by atoms with Gasteiger partial charge in [0.25, 0.3) is 5.91 Å². The molecule has 0 saturated heterocycles. The summed E-state index contributed by atoms with van der Waals surface area (Å²) in [4.78, 5) is 22.9. The number of nitrogens with two attached hydrogens (primary N) is 1. The van der Waals surface area contributed by atoms with E-state index < -0.39 is 5.91 Å². The summed E-state index contributed by atoms with van der Waals surface area (Å²) >= 11 is 5.78. The summed E-state index contributed by atoms with van der Waals surface area (Å²) in [6, 6.07) is 6.46. The molecule has 0 atom stereocenters. The number of carbonyl (C=O) groups excluding carboxylic acids is 1. The lowest BCUT2D eigenvalue weighted by Gasteiger charge is -2.08. The number of carbonyl (C=O) groups is 1. The van der Waals surface area contributed by atoms with Crippen LogP contribution in [0.25, 0.3) is 0 Å². The van der Waals surface area contributed by atoms with Crippen molar-refractivity contribution in [3.63, 3.8) is 0 Å². The van der Waals surface area contributed by atoms with E-state index in [0.29, 0.717) is 6.61 Å². The standard InChI is InChI=1S/C13H13ClN4O3/c1-2-7-20-12-16-11(14)17-13(18-12)21-9-6-4-3-5-8(9)10(15)19/h3-6H,2,7H2,1H3,(H2,15,19). The van der Waals surface area contributed by atoms with Crippen LogP contribution in [0.1, 0.15) is 23.7 Å². The Hall–Kier alpha value is -2.41. The summed E-state index contributed by atoms with van der Waals surface area (Å²) in [5.74, 6) is -0.387. The molecular formula is C13H13ClN4O3. The topological polar surface area (TPSA) is 100 Å². The van der Waals surface area contributed by atoms with Crippen LogP contribution in [0.15, 0.2) is 24.3 Å². The second-order valence-corrected chi connectivity index (χ2v) is 4.32. The molecule has 1 amide bonds. The van der Waals surface area contributed by atoms with Gasteiger partial charge < -0.3 is 15.2 Å². The van der Waals surface area contributed by atoms with Crippen molar-refractivity contribution in [1.82, 2.24) is 15.0 Å². The van der Waals surface area contributed by atoms with Gasteiger partial charge in [0, 0.05) is 0 Å². The molecule has 0 spiro atoms. The van der Waals surface area contributed by atoms with Crippen LogP contribution in [0.5, 0.6) is 17.8 Å². The Labute approximate surface area is 126 Å². The van der Waals surface area contributed by atoms with Crippen LogP contribution < -0.4 is 15.2 Å². The Morgan fingerprint density at radius 3 is 2.67 bits per heavy atom. The first-order valence-corrected chi connectivity index (χ1v) is 6.59. The molecule has 0 aliphatic heterocycles. The van der Waals surface area contributed by atoms with Crippen molar-refractivity contribution in [3.8, 4) is 17.8 Å². The van der Waals surface area contributed by atoms with Crippen LogP contribution in [0.2, 0.25) is 5.28 Å². The van der Waals surface area contributed by atoms with E-state index in [1.807, 2.05) is 6.92 Å². The molecule has 1 aromatic carbocycles. The highest BCUT2D eigenvalue weighted by atomic mass is 35.5. The van der Waals surface area contributed by atoms with Crippen molar-refractivity contribution in [2.45, 2.75) is 13.3 Å². The van der Waals surface area contributed by atoms with Gasteiger partial charge in [-0.3, -0.25) is 4.79 Å². The molecule has 2 N–H and O–H groups in total. The number of para-hydroxylation sites is 1. The van der Waals surface area contributed by atoms with Crippen LogP contribution in [-0.4, -0.2) is 27.5 Å². The van der Waals surface area contributed by atoms with Crippen molar-refractivity contribution < 1.29 is 14.3 Å². The SMILES string of the molecule is CCCOc1nc(Cl)nc(Oc2ccccc2C(N)=O)n1. The predicted molar refractivity (Wildman–Crippen MR) is 75.7 cm³/mol. The molecule has 0 bridgehead atoms. The summed E-state index contributed by atoms with van der Waals surface area (Å²) in [7, 11) is 0. The molecule has 0 saturated carbocycles. The van der Waals surface area contributed by atoms with Crippen LogP contribution in [0.3, 0.4) is 0 Å². The summed E-state index contributed by atoms with van der Waals surface area (Å²) in [5.41, 5.74) is 5.48. The molecule has 7 nitrogen and oxygen atoms in total. The molecule has 0 fully saturated rings. The molecule has 2 aromatic rings. The Morgan fingerprint density at radius 2 is 1.95 bits per heavy atom. The number of hydrogen-bond acceptors (Lipinski definition) is 6. The van der Waals surface area contributed by atoms with Crippen molar-refractivity contribution in [2.75, 3.05) is 6.61 Å². The van der Waals surface area contributed by atoms with E-state index in [1.54, 1.807) is 18.2 Å². The van der Waals surface area contributed by atoms with Gasteiger partial charge in [0.15, 0.2) is 0 Å². The summed E-state index contributed by atoms with van der Waals surface area (Å²) in [5, 5.41) is -0.0670. The van der Waals surface area contributed by atoms with Crippen LogP contribution in [0.4, 0.5) is 0 Å². The minimum Gasteiger partial charge on any atom is -0.463 e. The molecule has 1 aromatic heterocycles. The molecule has 0 aliphatic rings. The third-order valence-electron chi connectivity index (χ3n) is 2.36. The number of aromatic nitrogens is 3. The van der Waals surface area contributed by atoms with Crippen molar-refractivity contribution in [3.05, 3.63) is 35.1 Å². The number of primary amides is 1. The highest BCUT2D eigenvalue weighted by Gasteiger charge is 2.13.